The van der Waals surface area contributed by atoms with Gasteiger partial charge in [-0.2, -0.15) is 0 Å². The highest BCUT2D eigenvalue weighted by molar-refractivity contribution is 7.94. The van der Waals surface area contributed by atoms with Gasteiger partial charge in [0.1, 0.15) is 4.90 Å². The molecule has 0 aromatic heterocycles. The molecular formula is C16H23NO3S. The van der Waals surface area contributed by atoms with Gasteiger partial charge >= 0.3 is 0 Å². The highest BCUT2D eigenvalue weighted by Gasteiger charge is 2.32. The lowest BCUT2D eigenvalue weighted by Crippen LogP contribution is -2.32. The molecule has 116 valence electrons. The minimum atomic E-state index is -0.352. The quantitative estimate of drug-likeness (QED) is 0.432. The minimum absolute atomic E-state index is 0.118. The number of benzene rings is 1. The predicted molar refractivity (Wildman–Crippen MR) is 85.2 cm³/mol. The monoisotopic (exact) mass is 309 g/mol. The highest BCUT2D eigenvalue weighted by atomic mass is 32.2. The molecule has 0 amide bonds. The smallest absolute Gasteiger partial charge is 0.285 e. The van der Waals surface area contributed by atoms with Crippen molar-refractivity contribution in [3.8, 4) is 0 Å². The zero-order chi connectivity index (χ0) is 15.4. The molecule has 3 atom stereocenters. The molecular weight excluding hydrogens is 286 g/mol. The lowest BCUT2D eigenvalue weighted by Gasteiger charge is -2.36. The number of nitrogens with zero attached hydrogens (tertiary/aromatic N) is 1. The number of para-hydroxylation sites is 1. The summed E-state index contributed by atoms with van der Waals surface area (Å²) in [4.78, 5) is 11.3. The van der Waals surface area contributed by atoms with Crippen molar-refractivity contribution >= 4 is 17.7 Å². The van der Waals surface area contributed by atoms with E-state index in [-0.39, 0.29) is 16.7 Å². The molecule has 0 aliphatic heterocycles. The number of hydrogen-bond acceptors (Lipinski definition) is 4. The maximum Gasteiger partial charge on any atom is 0.285 e. The Morgan fingerprint density at radius 3 is 2.71 bits per heavy atom. The normalized spacial score (nSPS) is 26.0. The molecule has 0 bridgehead atoms. The molecule has 1 aromatic rings. The van der Waals surface area contributed by atoms with Crippen LogP contribution in [0.2, 0.25) is 0 Å². The molecule has 0 heterocycles. The fourth-order valence-corrected chi connectivity index (χ4v) is 3.83. The molecule has 0 saturated heterocycles. The first kappa shape index (κ1) is 16.3. The van der Waals surface area contributed by atoms with Gasteiger partial charge in [0.25, 0.3) is 5.69 Å². The van der Waals surface area contributed by atoms with Gasteiger partial charge < -0.3 is 4.18 Å². The lowest BCUT2D eigenvalue weighted by atomic mass is 9.75. The molecule has 1 fully saturated rings. The second kappa shape index (κ2) is 7.27. The maximum absolute atomic E-state index is 11.0. The van der Waals surface area contributed by atoms with Crippen LogP contribution in [-0.2, 0) is 4.18 Å². The topological polar surface area (TPSA) is 52.4 Å². The maximum atomic E-state index is 11.0. The lowest BCUT2D eigenvalue weighted by molar-refractivity contribution is -0.387. The van der Waals surface area contributed by atoms with E-state index in [1.807, 2.05) is 6.07 Å². The molecule has 0 N–H and O–H groups in total. The van der Waals surface area contributed by atoms with Gasteiger partial charge in [-0.3, -0.25) is 10.1 Å². The summed E-state index contributed by atoms with van der Waals surface area (Å²) in [6.07, 6.45) is 3.65. The standard InChI is InChI=1S/C16H23NO3S/c1-11(2)13-9-8-12(3)10-15(13)20-21-16-7-5-4-6-14(16)17(18)19/h4-7,11-13,15H,8-10H2,1-3H3. The van der Waals surface area contributed by atoms with E-state index in [0.29, 0.717) is 22.6 Å². The van der Waals surface area contributed by atoms with E-state index in [1.165, 1.54) is 18.9 Å². The number of nitro groups is 1. The van der Waals surface area contributed by atoms with Crippen LogP contribution in [0.1, 0.15) is 40.0 Å². The molecule has 1 aliphatic carbocycles. The van der Waals surface area contributed by atoms with Crippen LogP contribution in [0.5, 0.6) is 0 Å². The van der Waals surface area contributed by atoms with E-state index in [2.05, 4.69) is 20.8 Å². The Hall–Kier alpha value is -1.07. The van der Waals surface area contributed by atoms with Crippen molar-refractivity contribution in [2.75, 3.05) is 0 Å². The van der Waals surface area contributed by atoms with Crippen molar-refractivity contribution in [1.29, 1.82) is 0 Å². The SMILES string of the molecule is CC1CCC(C(C)C)C(OSc2ccccc2[N+](=O)[O-])C1. The molecule has 5 heteroatoms. The van der Waals surface area contributed by atoms with Gasteiger partial charge in [-0.1, -0.05) is 39.3 Å². The van der Waals surface area contributed by atoms with Crippen LogP contribution in [0.4, 0.5) is 5.69 Å². The molecule has 4 nitrogen and oxygen atoms in total. The van der Waals surface area contributed by atoms with Crippen LogP contribution in [-0.4, -0.2) is 11.0 Å². The Labute approximate surface area is 130 Å². The van der Waals surface area contributed by atoms with Crippen molar-refractivity contribution in [1.82, 2.24) is 0 Å². The van der Waals surface area contributed by atoms with Crippen molar-refractivity contribution in [2.24, 2.45) is 17.8 Å². The average molecular weight is 309 g/mol. The third-order valence-electron chi connectivity index (χ3n) is 4.28. The Bertz CT molecular complexity index is 492. The van der Waals surface area contributed by atoms with Gasteiger partial charge in [0, 0.05) is 18.1 Å². The third kappa shape index (κ3) is 4.20. The summed E-state index contributed by atoms with van der Waals surface area (Å²) in [5.41, 5.74) is 0.118. The Balaban J connectivity index is 2.05. The summed E-state index contributed by atoms with van der Waals surface area (Å²) >= 11 is 1.16. The first-order chi connectivity index (χ1) is 9.99. The Morgan fingerprint density at radius 2 is 2.05 bits per heavy atom. The molecule has 1 saturated carbocycles. The zero-order valence-electron chi connectivity index (χ0n) is 12.8. The zero-order valence-corrected chi connectivity index (χ0v) is 13.6. The predicted octanol–water partition coefficient (Wildman–Crippen LogP) is 5.08. The fourth-order valence-electron chi connectivity index (χ4n) is 3.02. The van der Waals surface area contributed by atoms with E-state index in [0.717, 1.165) is 18.5 Å². The summed E-state index contributed by atoms with van der Waals surface area (Å²) in [7, 11) is 0. The van der Waals surface area contributed by atoms with Crippen LogP contribution in [0.25, 0.3) is 0 Å². The van der Waals surface area contributed by atoms with Gasteiger partial charge in [0.2, 0.25) is 0 Å². The van der Waals surface area contributed by atoms with Crippen LogP contribution in [0.15, 0.2) is 29.2 Å². The first-order valence-electron chi connectivity index (χ1n) is 7.55. The second-order valence-electron chi connectivity index (χ2n) is 6.27. The van der Waals surface area contributed by atoms with Gasteiger partial charge in [-0.05, 0) is 36.7 Å². The summed E-state index contributed by atoms with van der Waals surface area (Å²) in [5.74, 6) is 1.78. The number of rotatable bonds is 5. The number of nitro benzene ring substituents is 1. The fraction of sp³-hybridized carbons (Fsp3) is 0.625. The van der Waals surface area contributed by atoms with E-state index in [4.69, 9.17) is 4.18 Å². The summed E-state index contributed by atoms with van der Waals surface area (Å²) in [5, 5.41) is 11.0. The molecule has 0 spiro atoms. The average Bonchev–Trinajstić information content (AvgIpc) is 2.45. The molecule has 1 aromatic carbocycles. The van der Waals surface area contributed by atoms with Gasteiger partial charge in [0.05, 0.1) is 11.0 Å². The van der Waals surface area contributed by atoms with Crippen molar-refractivity contribution in [3.05, 3.63) is 34.4 Å². The molecule has 1 aliphatic rings. The van der Waals surface area contributed by atoms with Crippen LogP contribution >= 0.6 is 12.0 Å². The number of hydrogen-bond donors (Lipinski definition) is 0. The third-order valence-corrected chi connectivity index (χ3v) is 5.15. The molecule has 3 unspecified atom stereocenters. The largest absolute Gasteiger partial charge is 0.306 e. The first-order valence-corrected chi connectivity index (χ1v) is 8.30. The molecule has 0 radical (unpaired) electrons. The Kier molecular flexibility index (Phi) is 5.65. The van der Waals surface area contributed by atoms with E-state index >= 15 is 0 Å². The summed E-state index contributed by atoms with van der Waals surface area (Å²) < 4.78 is 6.02. The van der Waals surface area contributed by atoms with Gasteiger partial charge in [-0.15, -0.1) is 0 Å². The second-order valence-corrected chi connectivity index (χ2v) is 7.07. The van der Waals surface area contributed by atoms with Gasteiger partial charge in [-0.25, -0.2) is 0 Å². The highest BCUT2D eigenvalue weighted by Crippen LogP contribution is 2.39. The van der Waals surface area contributed by atoms with Crippen LogP contribution < -0.4 is 0 Å². The van der Waals surface area contributed by atoms with Crippen LogP contribution in [0.3, 0.4) is 0 Å². The Morgan fingerprint density at radius 1 is 1.33 bits per heavy atom. The van der Waals surface area contributed by atoms with E-state index < -0.39 is 0 Å². The van der Waals surface area contributed by atoms with E-state index in [9.17, 15) is 10.1 Å². The summed E-state index contributed by atoms with van der Waals surface area (Å²) in [6, 6.07) is 6.76. The molecule has 2 rings (SSSR count). The van der Waals surface area contributed by atoms with Crippen molar-refractivity contribution in [2.45, 2.75) is 51.0 Å². The van der Waals surface area contributed by atoms with Crippen molar-refractivity contribution < 1.29 is 9.11 Å². The van der Waals surface area contributed by atoms with Crippen LogP contribution in [0, 0.1) is 27.9 Å². The summed E-state index contributed by atoms with van der Waals surface area (Å²) in [6.45, 7) is 6.71. The van der Waals surface area contributed by atoms with Gasteiger partial charge in [0.15, 0.2) is 0 Å². The van der Waals surface area contributed by atoms with E-state index in [1.54, 1.807) is 12.1 Å². The van der Waals surface area contributed by atoms with Crippen molar-refractivity contribution in [3.63, 3.8) is 0 Å². The molecule has 21 heavy (non-hydrogen) atoms. The minimum Gasteiger partial charge on any atom is -0.306 e.